The lowest BCUT2D eigenvalue weighted by Crippen LogP contribution is -2.50. The van der Waals surface area contributed by atoms with Gasteiger partial charge in [0.05, 0.1) is 40.2 Å². The van der Waals surface area contributed by atoms with Crippen molar-refractivity contribution < 1.29 is 22.8 Å². The third-order valence-electron chi connectivity index (χ3n) is 5.04. The Kier molecular flexibility index (Phi) is 12.1. The normalized spacial score (nSPS) is 13.2. The molecule has 31 heavy (non-hydrogen) atoms. The van der Waals surface area contributed by atoms with Crippen LogP contribution in [0.3, 0.4) is 0 Å². The molecule has 8 heteroatoms. The molecule has 0 amide bonds. The average molecular weight is 457 g/mol. The van der Waals surface area contributed by atoms with Crippen molar-refractivity contribution in [2.45, 2.75) is 77.2 Å². The zero-order chi connectivity index (χ0) is 23.3. The first kappa shape index (κ1) is 27.4. The van der Waals surface area contributed by atoms with Gasteiger partial charge in [-0.15, -0.1) is 0 Å². The van der Waals surface area contributed by atoms with Gasteiger partial charge < -0.3 is 9.59 Å². The lowest BCUT2D eigenvalue weighted by molar-refractivity contribution is -0.871. The molecule has 1 rings (SSSR count). The number of carboxylic acid groups (broad SMARTS) is 1. The maximum absolute atomic E-state index is 12.5. The van der Waals surface area contributed by atoms with Gasteiger partial charge in [0.2, 0.25) is 0 Å². The quantitative estimate of drug-likeness (QED) is 0.242. The minimum atomic E-state index is -3.87. The molecule has 1 atom stereocenters. The van der Waals surface area contributed by atoms with Crippen LogP contribution in [-0.2, 0) is 21.4 Å². The number of carbonyl (C=O) groups is 1. The van der Waals surface area contributed by atoms with E-state index in [2.05, 4.69) is 16.4 Å². The third kappa shape index (κ3) is 14.1. The fourth-order valence-corrected chi connectivity index (χ4v) is 4.72. The molecule has 0 aliphatic rings. The van der Waals surface area contributed by atoms with E-state index in [9.17, 15) is 13.2 Å². The molecule has 0 unspecified atom stereocenters. The Morgan fingerprint density at radius 1 is 0.968 bits per heavy atom. The van der Waals surface area contributed by atoms with Crippen LogP contribution in [0.1, 0.15) is 70.3 Å². The second kappa shape index (κ2) is 13.7. The Labute approximate surface area is 189 Å². The van der Waals surface area contributed by atoms with Gasteiger partial charge in [-0.05, 0) is 30.5 Å². The summed E-state index contributed by atoms with van der Waals surface area (Å²) in [6.45, 7) is 2.60. The molecule has 0 bridgehead atoms. The van der Waals surface area contributed by atoms with Crippen LogP contribution >= 0.6 is 0 Å². The fraction of sp³-hybridized carbons (Fsp3) is 0.696. The van der Waals surface area contributed by atoms with Crippen molar-refractivity contribution in [2.24, 2.45) is 0 Å². The molecule has 178 valence electrons. The van der Waals surface area contributed by atoms with Gasteiger partial charge in [0.1, 0.15) is 0 Å². The number of benzene rings is 1. The lowest BCUT2D eigenvalue weighted by atomic mass is 10.0. The van der Waals surface area contributed by atoms with Crippen LogP contribution in [0.2, 0.25) is 0 Å². The van der Waals surface area contributed by atoms with Crippen LogP contribution in [0.25, 0.3) is 0 Å². The fourth-order valence-electron chi connectivity index (χ4n) is 3.62. The third-order valence-corrected chi connectivity index (χ3v) is 6.18. The zero-order valence-electron chi connectivity index (χ0n) is 19.7. The molecule has 0 fully saturated rings. The van der Waals surface area contributed by atoms with Gasteiger partial charge in [0, 0.05) is 5.69 Å². The molecule has 0 aliphatic heterocycles. The van der Waals surface area contributed by atoms with Crippen LogP contribution in [0, 0.1) is 0 Å². The number of likely N-dealkylation sites (N-methyl/N-ethyl adjacent to an activating group) is 1. The summed E-state index contributed by atoms with van der Waals surface area (Å²) in [5, 5.41) is 9.09. The van der Waals surface area contributed by atoms with Gasteiger partial charge in [-0.2, -0.15) is 13.1 Å². The van der Waals surface area contributed by atoms with E-state index < -0.39 is 22.2 Å². The zero-order valence-corrected chi connectivity index (χ0v) is 20.5. The Hall–Kier alpha value is -1.64. The summed E-state index contributed by atoms with van der Waals surface area (Å²) in [6, 6.07) is 6.70. The van der Waals surface area contributed by atoms with E-state index in [1.165, 1.54) is 50.5 Å². The summed E-state index contributed by atoms with van der Waals surface area (Å²) in [5.41, 5.74) is 1.65. The van der Waals surface area contributed by atoms with E-state index >= 15 is 0 Å². The second-order valence-electron chi connectivity index (χ2n) is 9.41. The minimum Gasteiger partial charge on any atom is -0.481 e. The van der Waals surface area contributed by atoms with E-state index in [4.69, 9.17) is 5.11 Å². The number of aryl methyl sites for hydroxylation is 1. The first-order chi connectivity index (χ1) is 14.5. The monoisotopic (exact) mass is 456 g/mol. The lowest BCUT2D eigenvalue weighted by Gasteiger charge is -2.29. The Morgan fingerprint density at radius 2 is 1.52 bits per heavy atom. The molecular formula is C23H42N3O4S+. The minimum absolute atomic E-state index is 0.270. The van der Waals surface area contributed by atoms with Crippen LogP contribution < -0.4 is 9.44 Å². The highest BCUT2D eigenvalue weighted by atomic mass is 32.2. The van der Waals surface area contributed by atoms with Gasteiger partial charge in [0.15, 0.2) is 0 Å². The van der Waals surface area contributed by atoms with Crippen molar-refractivity contribution in [1.29, 1.82) is 0 Å². The molecule has 1 aromatic carbocycles. The predicted octanol–water partition coefficient (Wildman–Crippen LogP) is 4.17. The summed E-state index contributed by atoms with van der Waals surface area (Å²) in [6.07, 6.45) is 11.0. The average Bonchev–Trinajstić information content (AvgIpc) is 2.62. The molecule has 0 spiro atoms. The topological polar surface area (TPSA) is 95.5 Å². The SMILES string of the molecule is CCCCCCCCCCc1ccc(NS(=O)(=O)N[C@H](CC(=O)O)C[N+](C)(C)C)cc1. The van der Waals surface area contributed by atoms with Gasteiger partial charge in [-0.25, -0.2) is 0 Å². The number of rotatable bonds is 17. The predicted molar refractivity (Wildman–Crippen MR) is 127 cm³/mol. The van der Waals surface area contributed by atoms with Crippen molar-refractivity contribution in [3.8, 4) is 0 Å². The summed E-state index contributed by atoms with van der Waals surface area (Å²) in [4.78, 5) is 11.1. The Balaban J connectivity index is 2.48. The number of anilines is 1. The van der Waals surface area contributed by atoms with Crippen molar-refractivity contribution >= 4 is 21.9 Å². The summed E-state index contributed by atoms with van der Waals surface area (Å²) < 4.78 is 30.4. The van der Waals surface area contributed by atoms with E-state index in [0.29, 0.717) is 16.7 Å². The number of nitrogens with one attached hydrogen (secondary N) is 2. The summed E-state index contributed by atoms with van der Waals surface area (Å²) in [5.74, 6) is -1.04. The molecule has 0 aliphatic carbocycles. The first-order valence-electron chi connectivity index (χ1n) is 11.4. The molecular weight excluding hydrogens is 414 g/mol. The van der Waals surface area contributed by atoms with Crippen molar-refractivity contribution in [3.63, 3.8) is 0 Å². The molecule has 0 radical (unpaired) electrons. The molecule has 0 saturated heterocycles. The first-order valence-corrected chi connectivity index (χ1v) is 12.9. The van der Waals surface area contributed by atoms with Crippen LogP contribution in [0.4, 0.5) is 5.69 Å². The molecule has 0 saturated carbocycles. The number of hydrogen-bond acceptors (Lipinski definition) is 3. The van der Waals surface area contributed by atoms with E-state index in [-0.39, 0.29) is 6.42 Å². The van der Waals surface area contributed by atoms with Crippen molar-refractivity contribution in [2.75, 3.05) is 32.4 Å². The standard InChI is InChI=1S/C23H41N3O4S/c1-5-6-7-8-9-10-11-12-13-20-14-16-21(17-15-20)24-31(29,30)25-22(18-23(27)28)19-26(2,3)4/h14-17,22,24-25H,5-13,18-19H2,1-4H3/p+1/t22-/m1/s1. The number of unbranched alkanes of at least 4 members (excludes halogenated alkanes) is 7. The largest absolute Gasteiger partial charge is 0.481 e. The van der Waals surface area contributed by atoms with E-state index in [1.54, 1.807) is 12.1 Å². The van der Waals surface area contributed by atoms with E-state index in [0.717, 1.165) is 12.8 Å². The smallest absolute Gasteiger partial charge is 0.305 e. The van der Waals surface area contributed by atoms with Gasteiger partial charge in [0.25, 0.3) is 10.2 Å². The van der Waals surface area contributed by atoms with E-state index in [1.807, 2.05) is 33.3 Å². The second-order valence-corrected chi connectivity index (χ2v) is 10.9. The molecule has 0 heterocycles. The summed E-state index contributed by atoms with van der Waals surface area (Å²) >= 11 is 0. The molecule has 0 aromatic heterocycles. The highest BCUT2D eigenvalue weighted by Gasteiger charge is 2.25. The maximum atomic E-state index is 12.5. The molecule has 3 N–H and O–H groups in total. The molecule has 1 aromatic rings. The number of aliphatic carboxylic acids is 1. The van der Waals surface area contributed by atoms with Gasteiger partial charge in [-0.1, -0.05) is 64.0 Å². The van der Waals surface area contributed by atoms with Crippen molar-refractivity contribution in [1.82, 2.24) is 4.72 Å². The molecule has 7 nitrogen and oxygen atoms in total. The number of hydrogen-bond donors (Lipinski definition) is 3. The number of quaternary nitrogens is 1. The van der Waals surface area contributed by atoms with Gasteiger partial charge in [-0.3, -0.25) is 9.52 Å². The van der Waals surface area contributed by atoms with Crippen LogP contribution in [-0.4, -0.2) is 57.7 Å². The Morgan fingerprint density at radius 3 is 2.03 bits per heavy atom. The van der Waals surface area contributed by atoms with Crippen molar-refractivity contribution in [3.05, 3.63) is 29.8 Å². The maximum Gasteiger partial charge on any atom is 0.305 e. The van der Waals surface area contributed by atoms with Gasteiger partial charge >= 0.3 is 5.97 Å². The summed E-state index contributed by atoms with van der Waals surface area (Å²) in [7, 11) is 1.80. The highest BCUT2D eigenvalue weighted by Crippen LogP contribution is 2.15. The highest BCUT2D eigenvalue weighted by molar-refractivity contribution is 7.90. The van der Waals surface area contributed by atoms with Crippen LogP contribution in [0.15, 0.2) is 24.3 Å². The Bertz CT molecular complexity index is 743. The number of nitrogens with zero attached hydrogens (tertiary/aromatic N) is 1. The number of carboxylic acids is 1. The van der Waals surface area contributed by atoms with Crippen LogP contribution in [0.5, 0.6) is 0 Å².